The molecule has 0 saturated carbocycles. The molecule has 7 heteroatoms. The number of amides is 1. The lowest BCUT2D eigenvalue weighted by atomic mass is 9.93. The Kier molecular flexibility index (Phi) is 4.82. The average Bonchev–Trinajstić information content (AvgIpc) is 3.15. The largest absolute Gasteiger partial charge is 0.466 e. The topological polar surface area (TPSA) is 98.4 Å². The zero-order valence-corrected chi connectivity index (χ0v) is 16.7. The number of carbonyl (C=O) groups excluding carboxylic acids is 1. The van der Waals surface area contributed by atoms with Crippen molar-refractivity contribution < 1.29 is 13.7 Å². The maximum atomic E-state index is 13.2. The average molecular weight is 370 g/mol. The Labute approximate surface area is 158 Å². The summed E-state index contributed by atoms with van der Waals surface area (Å²) in [4.78, 5) is 19.5. The molecule has 3 heterocycles. The molecule has 0 aliphatic rings. The number of nitrogens with two attached hydrogens (primary N) is 1. The molecule has 7 nitrogen and oxygen atoms in total. The molecule has 2 N–H and O–H groups in total. The molecule has 0 saturated heterocycles. The number of aryl methyl sites for hydroxylation is 3. The van der Waals surface area contributed by atoms with Crippen LogP contribution in [0.2, 0.25) is 0 Å². The van der Waals surface area contributed by atoms with Gasteiger partial charge in [0.15, 0.2) is 0 Å². The van der Waals surface area contributed by atoms with E-state index in [1.807, 2.05) is 33.8 Å². The van der Waals surface area contributed by atoms with E-state index in [1.54, 1.807) is 24.9 Å². The lowest BCUT2D eigenvalue weighted by Gasteiger charge is -2.29. The third kappa shape index (κ3) is 3.60. The van der Waals surface area contributed by atoms with Crippen LogP contribution < -0.4 is 5.73 Å². The van der Waals surface area contributed by atoms with E-state index in [4.69, 9.17) is 14.7 Å². The van der Waals surface area contributed by atoms with Crippen LogP contribution in [0.3, 0.4) is 0 Å². The first-order chi connectivity index (χ1) is 12.6. The third-order valence-electron chi connectivity index (χ3n) is 4.73. The molecule has 0 spiro atoms. The van der Waals surface area contributed by atoms with Crippen molar-refractivity contribution in [1.29, 1.82) is 0 Å². The molecular formula is C20H26N4O3. The van der Waals surface area contributed by atoms with E-state index in [9.17, 15) is 4.79 Å². The molecule has 0 aliphatic carbocycles. The van der Waals surface area contributed by atoms with E-state index >= 15 is 0 Å². The highest BCUT2D eigenvalue weighted by atomic mass is 16.5. The summed E-state index contributed by atoms with van der Waals surface area (Å²) in [5.74, 6) is 1.41. The smallest absolute Gasteiger partial charge is 0.259 e. The van der Waals surface area contributed by atoms with Crippen LogP contribution in [0, 0.1) is 26.2 Å². The number of pyridine rings is 1. The summed E-state index contributed by atoms with van der Waals surface area (Å²) in [5, 5.41) is 4.64. The number of furan rings is 1. The third-order valence-corrected chi connectivity index (χ3v) is 4.73. The Morgan fingerprint density at radius 1 is 1.26 bits per heavy atom. The molecule has 0 fully saturated rings. The van der Waals surface area contributed by atoms with Gasteiger partial charge in [-0.2, -0.15) is 0 Å². The first-order valence-electron chi connectivity index (χ1n) is 8.93. The predicted octanol–water partition coefficient (Wildman–Crippen LogP) is 3.46. The van der Waals surface area contributed by atoms with E-state index < -0.39 is 0 Å². The molecule has 144 valence electrons. The highest BCUT2D eigenvalue weighted by Crippen LogP contribution is 2.31. The van der Waals surface area contributed by atoms with Crippen molar-refractivity contribution in [3.05, 3.63) is 34.9 Å². The minimum Gasteiger partial charge on any atom is -0.466 e. The normalized spacial score (nSPS) is 12.0. The Morgan fingerprint density at radius 3 is 2.56 bits per heavy atom. The second-order valence-corrected chi connectivity index (χ2v) is 7.86. The zero-order valence-electron chi connectivity index (χ0n) is 16.7. The molecule has 0 aliphatic heterocycles. The van der Waals surface area contributed by atoms with E-state index in [2.05, 4.69) is 10.1 Å². The van der Waals surface area contributed by atoms with Crippen LogP contribution >= 0.6 is 0 Å². The number of hydrogen-bond acceptors (Lipinski definition) is 6. The number of aromatic nitrogens is 2. The van der Waals surface area contributed by atoms with Crippen molar-refractivity contribution >= 4 is 17.0 Å². The second-order valence-electron chi connectivity index (χ2n) is 7.86. The number of nitrogens with zero attached hydrogens (tertiary/aromatic N) is 3. The molecule has 3 aromatic heterocycles. The molecule has 0 unspecified atom stereocenters. The summed E-state index contributed by atoms with van der Waals surface area (Å²) in [6.07, 6.45) is 0. The summed E-state index contributed by atoms with van der Waals surface area (Å²) in [6.45, 7) is 10.6. The highest BCUT2D eigenvalue weighted by Gasteiger charge is 2.26. The van der Waals surface area contributed by atoms with Gasteiger partial charge in [0.05, 0.1) is 22.3 Å². The Hall–Kier alpha value is -2.67. The second kappa shape index (κ2) is 6.81. The van der Waals surface area contributed by atoms with Gasteiger partial charge in [0, 0.05) is 19.2 Å². The molecule has 3 rings (SSSR count). The van der Waals surface area contributed by atoms with Gasteiger partial charge in [-0.3, -0.25) is 4.79 Å². The first kappa shape index (κ1) is 19.1. The molecular weight excluding hydrogens is 344 g/mol. The minimum atomic E-state index is -0.179. The summed E-state index contributed by atoms with van der Waals surface area (Å²) in [5.41, 5.74) is 8.61. The number of carbonyl (C=O) groups is 1. The Morgan fingerprint density at radius 2 is 1.96 bits per heavy atom. The molecule has 27 heavy (non-hydrogen) atoms. The maximum absolute atomic E-state index is 13.2. The van der Waals surface area contributed by atoms with Gasteiger partial charge in [-0.25, -0.2) is 4.98 Å². The molecule has 1 amide bonds. The van der Waals surface area contributed by atoms with E-state index in [0.29, 0.717) is 41.1 Å². The minimum absolute atomic E-state index is 0.116. The fourth-order valence-electron chi connectivity index (χ4n) is 3.27. The summed E-state index contributed by atoms with van der Waals surface area (Å²) in [7, 11) is 1.78. The van der Waals surface area contributed by atoms with E-state index in [1.165, 1.54) is 0 Å². The van der Waals surface area contributed by atoms with Crippen LogP contribution in [-0.2, 0) is 0 Å². The number of hydrogen-bond donors (Lipinski definition) is 1. The molecule has 0 bridgehead atoms. The standard InChI is InChI=1S/C20H26N4O3/c1-11-7-14(13(3)26-11)16-8-15(17-12(2)23-27-18(17)22-16)19(25)24(6)10-20(4,5)9-21/h7-8H,9-10,21H2,1-6H3. The SMILES string of the molecule is Cc1cc(-c2cc(C(=O)N(C)CC(C)(C)CN)c3c(C)noc3n2)c(C)o1. The van der Waals surface area contributed by atoms with Gasteiger partial charge in [0.1, 0.15) is 11.5 Å². The van der Waals surface area contributed by atoms with Crippen LogP contribution in [-0.4, -0.2) is 41.1 Å². The summed E-state index contributed by atoms with van der Waals surface area (Å²) >= 11 is 0. The predicted molar refractivity (Wildman–Crippen MR) is 104 cm³/mol. The first-order valence-corrected chi connectivity index (χ1v) is 8.93. The van der Waals surface area contributed by atoms with Crippen molar-refractivity contribution in [3.63, 3.8) is 0 Å². The maximum Gasteiger partial charge on any atom is 0.259 e. The van der Waals surface area contributed by atoms with Crippen molar-refractivity contribution in [3.8, 4) is 11.3 Å². The lowest BCUT2D eigenvalue weighted by Crippen LogP contribution is -2.39. The Balaban J connectivity index is 2.12. The van der Waals surface area contributed by atoms with Crippen molar-refractivity contribution in [2.45, 2.75) is 34.6 Å². The quantitative estimate of drug-likeness (QED) is 0.738. The lowest BCUT2D eigenvalue weighted by molar-refractivity contribution is 0.0742. The van der Waals surface area contributed by atoms with Gasteiger partial charge in [0.2, 0.25) is 0 Å². The van der Waals surface area contributed by atoms with Crippen LogP contribution in [0.4, 0.5) is 0 Å². The van der Waals surface area contributed by atoms with Crippen LogP contribution in [0.15, 0.2) is 21.1 Å². The number of fused-ring (bicyclic) bond motifs is 1. The van der Waals surface area contributed by atoms with Gasteiger partial charge >= 0.3 is 0 Å². The van der Waals surface area contributed by atoms with Gasteiger partial charge < -0.3 is 19.6 Å². The highest BCUT2D eigenvalue weighted by molar-refractivity contribution is 6.06. The van der Waals surface area contributed by atoms with E-state index in [0.717, 1.165) is 17.1 Å². The van der Waals surface area contributed by atoms with Crippen LogP contribution in [0.25, 0.3) is 22.4 Å². The van der Waals surface area contributed by atoms with Gasteiger partial charge in [-0.05, 0) is 44.9 Å². The zero-order chi connectivity index (χ0) is 19.9. The van der Waals surface area contributed by atoms with Gasteiger partial charge in [0.25, 0.3) is 11.6 Å². The molecule has 0 aromatic carbocycles. The summed E-state index contributed by atoms with van der Waals surface area (Å²) < 4.78 is 11.0. The molecule has 0 radical (unpaired) electrons. The van der Waals surface area contributed by atoms with Crippen LogP contribution in [0.5, 0.6) is 0 Å². The monoisotopic (exact) mass is 370 g/mol. The molecule has 3 aromatic rings. The summed E-state index contributed by atoms with van der Waals surface area (Å²) in [6, 6.07) is 3.69. The van der Waals surface area contributed by atoms with Crippen LogP contribution in [0.1, 0.15) is 41.4 Å². The fraction of sp³-hybridized carbons (Fsp3) is 0.450. The van der Waals surface area contributed by atoms with Crippen molar-refractivity contribution in [2.75, 3.05) is 20.1 Å². The van der Waals surface area contributed by atoms with E-state index in [-0.39, 0.29) is 11.3 Å². The van der Waals surface area contributed by atoms with Gasteiger partial charge in [-0.1, -0.05) is 19.0 Å². The van der Waals surface area contributed by atoms with Crippen molar-refractivity contribution in [1.82, 2.24) is 15.0 Å². The fourth-order valence-corrected chi connectivity index (χ4v) is 3.27. The molecule has 0 atom stereocenters. The number of rotatable bonds is 5. The Bertz CT molecular complexity index is 1000. The van der Waals surface area contributed by atoms with Gasteiger partial charge in [-0.15, -0.1) is 0 Å². The van der Waals surface area contributed by atoms with Crippen molar-refractivity contribution in [2.24, 2.45) is 11.1 Å².